The Balaban J connectivity index is 1.38. The van der Waals surface area contributed by atoms with Crippen LogP contribution in [0.5, 0.6) is 0 Å². The van der Waals surface area contributed by atoms with Crippen molar-refractivity contribution in [2.45, 2.75) is 6.42 Å². The molecule has 1 aromatic carbocycles. The molecule has 0 atom stereocenters. The van der Waals surface area contributed by atoms with Crippen LogP contribution in [0.3, 0.4) is 0 Å². The van der Waals surface area contributed by atoms with Crippen molar-refractivity contribution in [2.24, 2.45) is 5.73 Å². The third-order valence-corrected chi connectivity index (χ3v) is 4.61. The van der Waals surface area contributed by atoms with Crippen molar-refractivity contribution in [1.82, 2.24) is 20.2 Å². The number of aromatic nitrogens is 4. The van der Waals surface area contributed by atoms with E-state index < -0.39 is 5.82 Å². The minimum absolute atomic E-state index is 0.0691. The highest BCUT2D eigenvalue weighted by Gasteiger charge is 2.20. The van der Waals surface area contributed by atoms with Gasteiger partial charge in [-0.05, 0) is 36.4 Å². The number of benzene rings is 1. The molecule has 5 N–H and O–H groups in total. The number of nitrogens with two attached hydrogens (primary N) is 1. The lowest BCUT2D eigenvalue weighted by atomic mass is 9.99. The van der Waals surface area contributed by atoms with Gasteiger partial charge in [-0.1, -0.05) is 0 Å². The maximum Gasteiger partial charge on any atom is 0.229 e. The third-order valence-electron chi connectivity index (χ3n) is 4.61. The lowest BCUT2D eigenvalue weighted by molar-refractivity contribution is 0.351. The van der Waals surface area contributed by atoms with Crippen molar-refractivity contribution in [2.75, 3.05) is 10.6 Å². The lowest BCUT2D eigenvalue weighted by Gasteiger charge is -2.22. The zero-order valence-corrected chi connectivity index (χ0v) is 15.1. The molecule has 1 aliphatic heterocycles. The first-order valence-electron chi connectivity index (χ1n) is 8.88. The predicted molar refractivity (Wildman–Crippen MR) is 107 cm³/mol. The molecular weight excluding hydrogens is 373 g/mol. The number of halogens is 1. The quantitative estimate of drug-likeness (QED) is 0.539. The average molecular weight is 389 g/mol. The molecule has 0 saturated carbocycles. The summed E-state index contributed by atoms with van der Waals surface area (Å²) in [4.78, 5) is 8.28. The van der Waals surface area contributed by atoms with Crippen LogP contribution in [0.2, 0.25) is 0 Å². The fourth-order valence-corrected chi connectivity index (χ4v) is 3.15. The Morgan fingerprint density at radius 2 is 2.10 bits per heavy atom. The SMILES string of the molecule is NC1=C2CC(Nc3nc(Nc4ccc5cn[nH]c5c4)ncc3F)=CC=C2OC=C1. The van der Waals surface area contributed by atoms with Crippen LogP contribution in [0, 0.1) is 5.82 Å². The van der Waals surface area contributed by atoms with Gasteiger partial charge in [0.1, 0.15) is 5.76 Å². The summed E-state index contributed by atoms with van der Waals surface area (Å²) < 4.78 is 19.7. The van der Waals surface area contributed by atoms with Crippen LogP contribution in [-0.2, 0) is 4.74 Å². The van der Waals surface area contributed by atoms with Gasteiger partial charge in [0.2, 0.25) is 5.95 Å². The van der Waals surface area contributed by atoms with Gasteiger partial charge in [-0.25, -0.2) is 9.37 Å². The number of fused-ring (bicyclic) bond motifs is 2. The van der Waals surface area contributed by atoms with Crippen molar-refractivity contribution in [3.05, 3.63) is 83.6 Å². The number of H-pyrrole nitrogens is 1. The monoisotopic (exact) mass is 389 g/mol. The molecule has 0 saturated heterocycles. The zero-order valence-electron chi connectivity index (χ0n) is 15.1. The maximum absolute atomic E-state index is 14.3. The summed E-state index contributed by atoms with van der Waals surface area (Å²) in [6.07, 6.45) is 10.2. The molecule has 1 aliphatic carbocycles. The van der Waals surface area contributed by atoms with Gasteiger partial charge in [-0.3, -0.25) is 5.10 Å². The van der Waals surface area contributed by atoms with Crippen molar-refractivity contribution < 1.29 is 9.13 Å². The van der Waals surface area contributed by atoms with E-state index in [1.165, 1.54) is 0 Å². The summed E-state index contributed by atoms with van der Waals surface area (Å²) in [7, 11) is 0. The molecule has 5 rings (SSSR count). The second-order valence-corrected chi connectivity index (χ2v) is 6.57. The molecule has 0 radical (unpaired) electrons. The van der Waals surface area contributed by atoms with Crippen LogP contribution in [0.15, 0.2) is 77.8 Å². The smallest absolute Gasteiger partial charge is 0.229 e. The van der Waals surface area contributed by atoms with Crippen LogP contribution >= 0.6 is 0 Å². The van der Waals surface area contributed by atoms with E-state index in [1.807, 2.05) is 24.3 Å². The minimum Gasteiger partial charge on any atom is -0.465 e. The van der Waals surface area contributed by atoms with E-state index in [1.54, 1.807) is 24.6 Å². The Labute approximate surface area is 164 Å². The van der Waals surface area contributed by atoms with Gasteiger partial charge < -0.3 is 21.1 Å². The Morgan fingerprint density at radius 3 is 3.03 bits per heavy atom. The first-order valence-corrected chi connectivity index (χ1v) is 8.88. The van der Waals surface area contributed by atoms with E-state index in [0.29, 0.717) is 17.9 Å². The number of nitrogens with one attached hydrogen (secondary N) is 3. The standard InChI is InChI=1S/C20H16FN7O/c21-15-10-23-20(26-13-2-1-11-9-24-28-17(11)8-13)27-19(15)25-12-3-4-18-14(7-12)16(22)5-6-29-18/h1-6,8-10H,7,22H2,(H,24,28)(H2,23,25,26,27). The number of rotatable bonds is 4. The van der Waals surface area contributed by atoms with E-state index in [2.05, 4.69) is 30.8 Å². The van der Waals surface area contributed by atoms with Gasteiger partial charge in [-0.15, -0.1) is 0 Å². The number of hydrogen-bond acceptors (Lipinski definition) is 7. The molecule has 0 unspecified atom stereocenters. The fraction of sp³-hybridized carbons (Fsp3) is 0.0500. The highest BCUT2D eigenvalue weighted by Crippen LogP contribution is 2.31. The molecule has 144 valence electrons. The molecule has 0 fully saturated rings. The third kappa shape index (κ3) is 3.29. The second kappa shape index (κ2) is 6.79. The number of nitrogens with zero attached hydrogens (tertiary/aromatic N) is 3. The molecule has 2 aliphatic rings. The topological polar surface area (TPSA) is 114 Å². The van der Waals surface area contributed by atoms with Gasteiger partial charge in [0.05, 0.1) is 24.2 Å². The summed E-state index contributed by atoms with van der Waals surface area (Å²) >= 11 is 0. The fourth-order valence-electron chi connectivity index (χ4n) is 3.15. The van der Waals surface area contributed by atoms with E-state index in [9.17, 15) is 4.39 Å². The number of anilines is 3. The summed E-state index contributed by atoms with van der Waals surface area (Å²) in [5, 5.41) is 14.0. The summed E-state index contributed by atoms with van der Waals surface area (Å²) in [6, 6.07) is 5.67. The Morgan fingerprint density at radius 1 is 1.17 bits per heavy atom. The molecule has 8 nitrogen and oxygen atoms in total. The molecule has 0 amide bonds. The predicted octanol–water partition coefficient (Wildman–Crippen LogP) is 3.58. The van der Waals surface area contributed by atoms with Gasteiger partial charge in [0.15, 0.2) is 11.6 Å². The van der Waals surface area contributed by atoms with E-state index in [0.717, 1.165) is 34.1 Å². The maximum atomic E-state index is 14.3. The van der Waals surface area contributed by atoms with Crippen LogP contribution in [0.1, 0.15) is 6.42 Å². The molecular formula is C20H16FN7O. The molecule has 0 spiro atoms. The molecule has 3 aromatic rings. The van der Waals surface area contributed by atoms with Crippen molar-refractivity contribution in [3.63, 3.8) is 0 Å². The number of allylic oxidation sites excluding steroid dienone is 5. The highest BCUT2D eigenvalue weighted by atomic mass is 19.1. The number of aromatic amines is 1. The summed E-state index contributed by atoms with van der Waals surface area (Å²) in [6.45, 7) is 0. The molecule has 9 heteroatoms. The molecule has 0 bridgehead atoms. The first-order chi connectivity index (χ1) is 14.2. The molecule has 2 aromatic heterocycles. The number of hydrogen-bond donors (Lipinski definition) is 4. The van der Waals surface area contributed by atoms with Crippen molar-refractivity contribution in [3.8, 4) is 0 Å². The van der Waals surface area contributed by atoms with Crippen LogP contribution in [0.4, 0.5) is 21.8 Å². The summed E-state index contributed by atoms with van der Waals surface area (Å²) in [5.74, 6) is 0.468. The van der Waals surface area contributed by atoms with E-state index in [4.69, 9.17) is 10.5 Å². The van der Waals surface area contributed by atoms with Gasteiger partial charge in [-0.2, -0.15) is 10.1 Å². The first kappa shape index (κ1) is 17.0. The van der Waals surface area contributed by atoms with Gasteiger partial charge in [0.25, 0.3) is 0 Å². The lowest BCUT2D eigenvalue weighted by Crippen LogP contribution is -2.14. The van der Waals surface area contributed by atoms with E-state index in [-0.39, 0.29) is 11.8 Å². The average Bonchev–Trinajstić information content (AvgIpc) is 3.19. The Kier molecular flexibility index (Phi) is 3.98. The molecule has 29 heavy (non-hydrogen) atoms. The van der Waals surface area contributed by atoms with Crippen LogP contribution in [-0.4, -0.2) is 20.2 Å². The van der Waals surface area contributed by atoms with Crippen LogP contribution in [0.25, 0.3) is 10.9 Å². The Bertz CT molecular complexity index is 1240. The Hall–Kier alpha value is -4.14. The highest BCUT2D eigenvalue weighted by molar-refractivity contribution is 5.82. The van der Waals surface area contributed by atoms with Crippen molar-refractivity contribution >= 4 is 28.4 Å². The van der Waals surface area contributed by atoms with E-state index >= 15 is 0 Å². The van der Waals surface area contributed by atoms with Crippen molar-refractivity contribution in [1.29, 1.82) is 0 Å². The molecule has 3 heterocycles. The second-order valence-electron chi connectivity index (χ2n) is 6.57. The van der Waals surface area contributed by atoms with Gasteiger partial charge in [0, 0.05) is 34.5 Å². The largest absolute Gasteiger partial charge is 0.465 e. The zero-order chi connectivity index (χ0) is 19.8. The van der Waals surface area contributed by atoms with Gasteiger partial charge >= 0.3 is 0 Å². The van der Waals surface area contributed by atoms with Crippen LogP contribution < -0.4 is 16.4 Å². The summed E-state index contributed by atoms with van der Waals surface area (Å²) in [5.41, 5.74) is 9.86. The minimum atomic E-state index is -0.558. The number of ether oxygens (including phenoxy) is 1. The normalized spacial score (nSPS) is 15.5.